The highest BCUT2D eigenvalue weighted by molar-refractivity contribution is 7.92. The molecule has 0 aliphatic carbocycles. The lowest BCUT2D eigenvalue weighted by Gasteiger charge is -2.11. The highest BCUT2D eigenvalue weighted by Crippen LogP contribution is 2.25. The molecule has 1 aromatic heterocycles. The van der Waals surface area contributed by atoms with Gasteiger partial charge in [0.1, 0.15) is 0 Å². The number of hydrogen-bond acceptors (Lipinski definition) is 5. The van der Waals surface area contributed by atoms with Crippen LogP contribution in [0.15, 0.2) is 51.9 Å². The molecule has 0 bridgehead atoms. The molecule has 0 atom stereocenters. The van der Waals surface area contributed by atoms with Crippen LogP contribution in [0.4, 0.5) is 5.69 Å². The van der Waals surface area contributed by atoms with E-state index in [-0.39, 0.29) is 4.90 Å². The zero-order chi connectivity index (χ0) is 17.3. The molecule has 0 unspecified atom stereocenters. The van der Waals surface area contributed by atoms with E-state index in [9.17, 15) is 8.42 Å². The lowest BCUT2D eigenvalue weighted by Crippen LogP contribution is -2.14. The number of aromatic nitrogens is 2. The molecule has 0 saturated carbocycles. The fraction of sp³-hybridized carbons (Fsp3) is 0.176. The summed E-state index contributed by atoms with van der Waals surface area (Å²) in [4.78, 5) is 4.32. The highest BCUT2D eigenvalue weighted by Gasteiger charge is 2.19. The third-order valence-electron chi connectivity index (χ3n) is 3.53. The maximum absolute atomic E-state index is 12.7. The fourth-order valence-electron chi connectivity index (χ4n) is 2.36. The molecule has 3 rings (SSSR count). The molecule has 124 valence electrons. The van der Waals surface area contributed by atoms with Crippen LogP contribution in [0.25, 0.3) is 11.4 Å². The minimum absolute atomic E-state index is 0.184. The molecular weight excluding hydrogens is 326 g/mol. The first-order valence-electron chi connectivity index (χ1n) is 7.36. The molecule has 24 heavy (non-hydrogen) atoms. The van der Waals surface area contributed by atoms with Crippen LogP contribution < -0.4 is 4.72 Å². The molecule has 3 aromatic rings. The normalized spacial score (nSPS) is 11.5. The first kappa shape index (κ1) is 16.2. The molecule has 2 aromatic carbocycles. The van der Waals surface area contributed by atoms with Gasteiger partial charge >= 0.3 is 0 Å². The molecule has 0 aliphatic heterocycles. The third-order valence-corrected chi connectivity index (χ3v) is 5.06. The van der Waals surface area contributed by atoms with Crippen LogP contribution in [0.1, 0.15) is 17.0 Å². The summed E-state index contributed by atoms with van der Waals surface area (Å²) in [6.07, 6.45) is 0. The van der Waals surface area contributed by atoms with Gasteiger partial charge in [0.15, 0.2) is 0 Å². The first-order chi connectivity index (χ1) is 11.3. The van der Waals surface area contributed by atoms with Gasteiger partial charge < -0.3 is 4.52 Å². The Balaban J connectivity index is 2.01. The Morgan fingerprint density at radius 3 is 2.50 bits per heavy atom. The van der Waals surface area contributed by atoms with Gasteiger partial charge in [0.2, 0.25) is 11.7 Å². The highest BCUT2D eigenvalue weighted by atomic mass is 32.2. The van der Waals surface area contributed by atoms with Crippen LogP contribution in [-0.4, -0.2) is 18.6 Å². The molecular formula is C17H17N3O3S. The van der Waals surface area contributed by atoms with Crippen LogP contribution >= 0.6 is 0 Å². The summed E-state index contributed by atoms with van der Waals surface area (Å²) in [6, 6.07) is 12.3. The largest absolute Gasteiger partial charge is 0.339 e. The molecule has 0 saturated heterocycles. The van der Waals surface area contributed by atoms with E-state index in [1.807, 2.05) is 13.0 Å². The summed E-state index contributed by atoms with van der Waals surface area (Å²) in [6.45, 7) is 5.33. The molecule has 1 heterocycles. The third kappa shape index (κ3) is 3.30. The number of anilines is 1. The average Bonchev–Trinajstić information content (AvgIpc) is 2.93. The number of aryl methyl sites for hydroxylation is 3. The number of nitrogens with zero attached hydrogens (tertiary/aromatic N) is 2. The summed E-state index contributed by atoms with van der Waals surface area (Å²) in [7, 11) is -3.72. The summed E-state index contributed by atoms with van der Waals surface area (Å²) in [5.41, 5.74) is 2.72. The Morgan fingerprint density at radius 2 is 1.83 bits per heavy atom. The molecule has 0 radical (unpaired) electrons. The van der Waals surface area contributed by atoms with Gasteiger partial charge in [0.25, 0.3) is 10.0 Å². The quantitative estimate of drug-likeness (QED) is 0.784. The summed E-state index contributed by atoms with van der Waals surface area (Å²) < 4.78 is 33.1. The number of rotatable bonds is 4. The van der Waals surface area contributed by atoms with E-state index in [1.165, 1.54) is 0 Å². The second-order valence-electron chi connectivity index (χ2n) is 5.59. The van der Waals surface area contributed by atoms with Gasteiger partial charge in [0.05, 0.1) is 4.90 Å². The molecule has 7 heteroatoms. The zero-order valence-electron chi connectivity index (χ0n) is 13.6. The van der Waals surface area contributed by atoms with Crippen molar-refractivity contribution in [2.24, 2.45) is 0 Å². The van der Waals surface area contributed by atoms with Crippen molar-refractivity contribution in [3.63, 3.8) is 0 Å². The second kappa shape index (κ2) is 6.09. The van der Waals surface area contributed by atoms with Crippen molar-refractivity contribution in [1.29, 1.82) is 0 Å². The first-order valence-corrected chi connectivity index (χ1v) is 8.84. The predicted octanol–water partition coefficient (Wildman–Crippen LogP) is 3.46. The van der Waals surface area contributed by atoms with E-state index < -0.39 is 10.0 Å². The maximum Gasteiger partial charge on any atom is 0.262 e. The number of hydrogen-bond donors (Lipinski definition) is 1. The standard InChI is InChI=1S/C17H17N3O3S/c1-11-5-4-6-15(9-11)20-24(21,22)16-10-14(8-7-12(16)2)17-18-13(3)23-19-17/h4-10,20H,1-3H3. The minimum atomic E-state index is -3.72. The Labute approximate surface area is 140 Å². The van der Waals surface area contributed by atoms with Crippen molar-refractivity contribution in [3.05, 3.63) is 59.5 Å². The lowest BCUT2D eigenvalue weighted by molar-refractivity contribution is 0.394. The predicted molar refractivity (Wildman–Crippen MR) is 91.2 cm³/mol. The molecule has 0 aliphatic rings. The van der Waals surface area contributed by atoms with Crippen molar-refractivity contribution in [2.45, 2.75) is 25.7 Å². The summed E-state index contributed by atoms with van der Waals surface area (Å²) in [5, 5.41) is 3.83. The molecule has 1 N–H and O–H groups in total. The number of sulfonamides is 1. The number of nitrogens with one attached hydrogen (secondary N) is 1. The van der Waals surface area contributed by atoms with Crippen molar-refractivity contribution in [2.75, 3.05) is 4.72 Å². The Kier molecular flexibility index (Phi) is 4.11. The smallest absolute Gasteiger partial charge is 0.262 e. The van der Waals surface area contributed by atoms with E-state index in [0.29, 0.717) is 28.5 Å². The monoisotopic (exact) mass is 343 g/mol. The van der Waals surface area contributed by atoms with Gasteiger partial charge in [-0.25, -0.2) is 8.42 Å². The number of benzene rings is 2. The van der Waals surface area contributed by atoms with Crippen molar-refractivity contribution < 1.29 is 12.9 Å². The lowest BCUT2D eigenvalue weighted by atomic mass is 10.1. The van der Waals surface area contributed by atoms with Crippen molar-refractivity contribution in [3.8, 4) is 11.4 Å². The van der Waals surface area contributed by atoms with Gasteiger partial charge in [-0.05, 0) is 43.2 Å². The van der Waals surface area contributed by atoms with Crippen LogP contribution in [0.5, 0.6) is 0 Å². The van der Waals surface area contributed by atoms with Gasteiger partial charge in [0, 0.05) is 18.2 Å². The van der Waals surface area contributed by atoms with E-state index in [4.69, 9.17) is 4.52 Å². The second-order valence-corrected chi connectivity index (χ2v) is 7.24. The molecule has 0 spiro atoms. The average molecular weight is 343 g/mol. The molecule has 0 amide bonds. The van der Waals surface area contributed by atoms with E-state index in [1.54, 1.807) is 50.2 Å². The van der Waals surface area contributed by atoms with Gasteiger partial charge in [-0.1, -0.05) is 29.4 Å². The fourth-order valence-corrected chi connectivity index (χ4v) is 3.69. The van der Waals surface area contributed by atoms with Gasteiger partial charge in [-0.15, -0.1) is 0 Å². The Hall–Kier alpha value is -2.67. The molecule has 0 fully saturated rings. The van der Waals surface area contributed by atoms with Crippen molar-refractivity contribution >= 4 is 15.7 Å². The Bertz CT molecular complexity index is 994. The Morgan fingerprint density at radius 1 is 1.04 bits per heavy atom. The minimum Gasteiger partial charge on any atom is -0.339 e. The summed E-state index contributed by atoms with van der Waals surface area (Å²) in [5.74, 6) is 0.785. The summed E-state index contributed by atoms with van der Waals surface area (Å²) >= 11 is 0. The van der Waals surface area contributed by atoms with Gasteiger partial charge in [-0.3, -0.25) is 4.72 Å². The SMILES string of the molecule is Cc1cccc(NS(=O)(=O)c2cc(-c3noc(C)n3)ccc2C)c1. The van der Waals surface area contributed by atoms with Crippen LogP contribution in [0, 0.1) is 20.8 Å². The van der Waals surface area contributed by atoms with Crippen LogP contribution in [0.3, 0.4) is 0 Å². The van der Waals surface area contributed by atoms with E-state index >= 15 is 0 Å². The topological polar surface area (TPSA) is 85.1 Å². The van der Waals surface area contributed by atoms with E-state index in [2.05, 4.69) is 14.9 Å². The van der Waals surface area contributed by atoms with E-state index in [0.717, 1.165) is 5.56 Å². The van der Waals surface area contributed by atoms with Gasteiger partial charge in [-0.2, -0.15) is 4.98 Å². The maximum atomic E-state index is 12.7. The molecule has 6 nitrogen and oxygen atoms in total. The van der Waals surface area contributed by atoms with Crippen molar-refractivity contribution in [1.82, 2.24) is 10.1 Å². The zero-order valence-corrected chi connectivity index (χ0v) is 14.4. The van der Waals surface area contributed by atoms with Crippen LogP contribution in [-0.2, 0) is 10.0 Å². The van der Waals surface area contributed by atoms with Crippen LogP contribution in [0.2, 0.25) is 0 Å².